The average molecular weight is 479 g/mol. The fraction of sp³-hybridized carbons (Fsp3) is 0.222. The predicted molar refractivity (Wildman–Crippen MR) is 110 cm³/mol. The van der Waals surface area contributed by atoms with Gasteiger partial charge in [0.2, 0.25) is 10.0 Å². The summed E-state index contributed by atoms with van der Waals surface area (Å²) in [7, 11) is -1.12. The molecule has 0 radical (unpaired) electrons. The van der Waals surface area contributed by atoms with Crippen LogP contribution < -0.4 is 5.32 Å². The summed E-state index contributed by atoms with van der Waals surface area (Å²) in [4.78, 5) is 24.4. The van der Waals surface area contributed by atoms with Gasteiger partial charge in [-0.3, -0.25) is 4.79 Å². The van der Waals surface area contributed by atoms with Gasteiger partial charge in [0, 0.05) is 24.7 Å². The summed E-state index contributed by atoms with van der Waals surface area (Å²) < 4.78 is 54.9. The number of ether oxygens (including phenoxy) is 1. The molecule has 0 bridgehead atoms. The van der Waals surface area contributed by atoms with Gasteiger partial charge in [0.25, 0.3) is 11.7 Å². The van der Waals surface area contributed by atoms with E-state index in [9.17, 15) is 26.8 Å². The fourth-order valence-corrected chi connectivity index (χ4v) is 3.78. The van der Waals surface area contributed by atoms with Gasteiger partial charge >= 0.3 is 5.97 Å². The second-order valence-corrected chi connectivity index (χ2v) is 9.58. The molecular formula is C18H17ClF2N2O5S2. The molecule has 0 aliphatic rings. The smallest absolute Gasteiger partial charge is 0.340 e. The largest absolute Gasteiger partial charge is 0.452 e. The topological polar surface area (TPSA) is 92.8 Å². The standard InChI is InChI=1S/C18H17ClF2N2O5S2/c1-23(2)30(26,27)13-7-8-15(19)14(9-13)17(25)28-10-16(24)22-11-3-5-12(6-4-11)29-18(20)21/h3-9,18H,10H2,1-2H3,(H,22,24). The number of hydrogen-bond acceptors (Lipinski definition) is 6. The maximum Gasteiger partial charge on any atom is 0.340 e. The zero-order valence-corrected chi connectivity index (χ0v) is 18.2. The van der Waals surface area contributed by atoms with E-state index in [0.717, 1.165) is 10.4 Å². The van der Waals surface area contributed by atoms with Crippen molar-refractivity contribution in [3.05, 3.63) is 53.1 Å². The first-order valence-corrected chi connectivity index (χ1v) is 10.9. The van der Waals surface area contributed by atoms with Crippen LogP contribution in [0.4, 0.5) is 14.5 Å². The molecule has 2 rings (SSSR count). The van der Waals surface area contributed by atoms with Crippen molar-refractivity contribution in [1.82, 2.24) is 4.31 Å². The molecular weight excluding hydrogens is 462 g/mol. The minimum atomic E-state index is -3.79. The molecule has 0 saturated carbocycles. The van der Waals surface area contributed by atoms with Crippen LogP contribution in [0.1, 0.15) is 10.4 Å². The minimum absolute atomic E-state index is 0.0368. The first-order valence-electron chi connectivity index (χ1n) is 8.24. The maximum absolute atomic E-state index is 12.3. The third-order valence-electron chi connectivity index (χ3n) is 3.63. The van der Waals surface area contributed by atoms with E-state index in [-0.39, 0.29) is 15.5 Å². The normalized spacial score (nSPS) is 11.6. The van der Waals surface area contributed by atoms with Crippen molar-refractivity contribution in [2.24, 2.45) is 0 Å². The molecule has 0 atom stereocenters. The molecule has 162 valence electrons. The van der Waals surface area contributed by atoms with Crippen molar-refractivity contribution in [3.63, 3.8) is 0 Å². The maximum atomic E-state index is 12.3. The third kappa shape index (κ3) is 6.39. The van der Waals surface area contributed by atoms with Crippen LogP contribution in [0.15, 0.2) is 52.3 Å². The molecule has 1 N–H and O–H groups in total. The van der Waals surface area contributed by atoms with Gasteiger partial charge in [-0.25, -0.2) is 17.5 Å². The van der Waals surface area contributed by atoms with Gasteiger partial charge in [0.15, 0.2) is 6.61 Å². The molecule has 12 heteroatoms. The number of carbonyl (C=O) groups excluding carboxylic acids is 2. The Morgan fingerprint density at radius 2 is 1.80 bits per heavy atom. The molecule has 2 aromatic carbocycles. The van der Waals surface area contributed by atoms with Gasteiger partial charge < -0.3 is 10.1 Å². The lowest BCUT2D eigenvalue weighted by molar-refractivity contribution is -0.119. The highest BCUT2D eigenvalue weighted by Crippen LogP contribution is 2.26. The number of amides is 1. The van der Waals surface area contributed by atoms with E-state index in [2.05, 4.69) is 5.32 Å². The summed E-state index contributed by atoms with van der Waals surface area (Å²) in [6, 6.07) is 9.24. The summed E-state index contributed by atoms with van der Waals surface area (Å²) in [5, 5.41) is 2.41. The van der Waals surface area contributed by atoms with Crippen LogP contribution in [0, 0.1) is 0 Å². The molecule has 0 unspecified atom stereocenters. The number of hydrogen-bond donors (Lipinski definition) is 1. The molecule has 7 nitrogen and oxygen atoms in total. The first-order chi connectivity index (χ1) is 14.0. The molecule has 0 saturated heterocycles. The molecule has 0 fully saturated rings. The lowest BCUT2D eigenvalue weighted by Gasteiger charge is -2.13. The molecule has 30 heavy (non-hydrogen) atoms. The number of thioether (sulfide) groups is 1. The van der Waals surface area contributed by atoms with E-state index >= 15 is 0 Å². The van der Waals surface area contributed by atoms with E-state index in [1.54, 1.807) is 0 Å². The lowest BCUT2D eigenvalue weighted by atomic mass is 10.2. The van der Waals surface area contributed by atoms with Crippen LogP contribution in [0.5, 0.6) is 0 Å². The number of sulfonamides is 1. The predicted octanol–water partition coefficient (Wildman–Crippen LogP) is 3.70. The Hall–Kier alpha value is -2.21. The van der Waals surface area contributed by atoms with Crippen molar-refractivity contribution in [2.75, 3.05) is 26.0 Å². The number of carbonyl (C=O) groups is 2. The second kappa shape index (κ2) is 10.2. The average Bonchev–Trinajstić information content (AvgIpc) is 2.67. The Balaban J connectivity index is 2.01. The number of halogens is 3. The molecule has 0 aliphatic heterocycles. The monoisotopic (exact) mass is 478 g/mol. The van der Waals surface area contributed by atoms with Crippen molar-refractivity contribution in [3.8, 4) is 0 Å². The van der Waals surface area contributed by atoms with Gasteiger partial charge in [0.1, 0.15) is 0 Å². The summed E-state index contributed by atoms with van der Waals surface area (Å²) in [5.74, 6) is -4.21. The summed E-state index contributed by atoms with van der Waals surface area (Å²) >= 11 is 6.32. The van der Waals surface area contributed by atoms with Crippen LogP contribution in [0.2, 0.25) is 5.02 Å². The Morgan fingerprint density at radius 1 is 1.17 bits per heavy atom. The number of esters is 1. The lowest BCUT2D eigenvalue weighted by Crippen LogP contribution is -2.23. The van der Waals surface area contributed by atoms with E-state index < -0.39 is 34.3 Å². The fourth-order valence-electron chi connectivity index (χ4n) is 2.16. The zero-order valence-electron chi connectivity index (χ0n) is 15.8. The summed E-state index contributed by atoms with van der Waals surface area (Å²) in [5.41, 5.74) is 0.118. The summed E-state index contributed by atoms with van der Waals surface area (Å²) in [6.45, 7) is -0.659. The van der Waals surface area contributed by atoms with E-state index in [1.165, 1.54) is 50.5 Å². The van der Waals surface area contributed by atoms with E-state index in [4.69, 9.17) is 16.3 Å². The van der Waals surface area contributed by atoms with Crippen LogP contribution in [0.3, 0.4) is 0 Å². The molecule has 0 aliphatic carbocycles. The second-order valence-electron chi connectivity index (χ2n) is 5.96. The minimum Gasteiger partial charge on any atom is -0.452 e. The van der Waals surface area contributed by atoms with E-state index in [0.29, 0.717) is 22.3 Å². The number of benzene rings is 2. The van der Waals surface area contributed by atoms with Crippen molar-refractivity contribution in [1.29, 1.82) is 0 Å². The highest BCUT2D eigenvalue weighted by atomic mass is 35.5. The van der Waals surface area contributed by atoms with Crippen LogP contribution >= 0.6 is 23.4 Å². The summed E-state index contributed by atoms with van der Waals surface area (Å²) in [6.07, 6.45) is 0. The third-order valence-corrected chi connectivity index (χ3v) is 6.50. The van der Waals surface area contributed by atoms with Crippen LogP contribution in [0.25, 0.3) is 0 Å². The first kappa shape index (κ1) is 24.1. The highest BCUT2D eigenvalue weighted by Gasteiger charge is 2.22. The number of nitrogens with zero attached hydrogens (tertiary/aromatic N) is 1. The molecule has 0 heterocycles. The number of rotatable bonds is 8. The Bertz CT molecular complexity index is 1030. The Labute approximate surface area is 181 Å². The number of anilines is 1. The van der Waals surface area contributed by atoms with Gasteiger partial charge in [-0.1, -0.05) is 23.4 Å². The SMILES string of the molecule is CN(C)S(=O)(=O)c1ccc(Cl)c(C(=O)OCC(=O)Nc2ccc(SC(F)F)cc2)c1. The Morgan fingerprint density at radius 3 is 2.37 bits per heavy atom. The van der Waals surface area contributed by atoms with Gasteiger partial charge in [-0.2, -0.15) is 8.78 Å². The van der Waals surface area contributed by atoms with Gasteiger partial charge in [-0.15, -0.1) is 0 Å². The molecule has 0 spiro atoms. The van der Waals surface area contributed by atoms with Crippen molar-refractivity contribution >= 4 is 50.9 Å². The van der Waals surface area contributed by atoms with Crippen LogP contribution in [-0.4, -0.2) is 51.1 Å². The molecule has 0 aromatic heterocycles. The van der Waals surface area contributed by atoms with Crippen molar-refractivity contribution in [2.45, 2.75) is 15.5 Å². The number of alkyl halides is 2. The van der Waals surface area contributed by atoms with Gasteiger partial charge in [0.05, 0.1) is 15.5 Å². The molecule has 1 amide bonds. The zero-order chi connectivity index (χ0) is 22.5. The quantitative estimate of drug-likeness (QED) is 0.459. The number of nitrogens with one attached hydrogen (secondary N) is 1. The van der Waals surface area contributed by atoms with Crippen LogP contribution in [-0.2, 0) is 19.6 Å². The van der Waals surface area contributed by atoms with Crippen molar-refractivity contribution < 1.29 is 31.5 Å². The Kier molecular flexibility index (Phi) is 8.18. The molecule has 2 aromatic rings. The van der Waals surface area contributed by atoms with E-state index in [1.807, 2.05) is 0 Å². The van der Waals surface area contributed by atoms with Gasteiger partial charge in [-0.05, 0) is 42.5 Å². The highest BCUT2D eigenvalue weighted by molar-refractivity contribution is 7.99.